The molecule has 1 aliphatic carbocycles. The molecular weight excluding hydrogens is 365 g/mol. The van der Waals surface area contributed by atoms with Crippen molar-refractivity contribution < 1.29 is 4.74 Å². The van der Waals surface area contributed by atoms with Gasteiger partial charge in [0.25, 0.3) is 0 Å². The van der Waals surface area contributed by atoms with Gasteiger partial charge in [0.05, 0.1) is 5.60 Å². The SMILES string of the molecule is CN=C(NCCC1=CCCC1)NCC1(C)CCCO1.I. The molecule has 0 bridgehead atoms. The summed E-state index contributed by atoms with van der Waals surface area (Å²) in [5.74, 6) is 0.885. The van der Waals surface area contributed by atoms with Crippen molar-refractivity contribution in [3.8, 4) is 0 Å². The molecule has 5 heteroatoms. The van der Waals surface area contributed by atoms with Crippen LogP contribution < -0.4 is 10.6 Å². The third-order valence-electron chi connectivity index (χ3n) is 4.03. The second-order valence-electron chi connectivity index (χ2n) is 5.76. The van der Waals surface area contributed by atoms with Gasteiger partial charge in [0.1, 0.15) is 0 Å². The average molecular weight is 393 g/mol. The fraction of sp³-hybridized carbons (Fsp3) is 0.800. The molecule has 0 aromatic rings. The van der Waals surface area contributed by atoms with E-state index >= 15 is 0 Å². The summed E-state index contributed by atoms with van der Waals surface area (Å²) in [7, 11) is 1.82. The topological polar surface area (TPSA) is 45.7 Å². The van der Waals surface area contributed by atoms with E-state index in [0.717, 1.165) is 38.5 Å². The Hall–Kier alpha value is -0.300. The van der Waals surface area contributed by atoms with E-state index in [2.05, 4.69) is 28.6 Å². The molecule has 4 nitrogen and oxygen atoms in total. The lowest BCUT2D eigenvalue weighted by atomic mass is 10.0. The maximum absolute atomic E-state index is 5.77. The largest absolute Gasteiger partial charge is 0.373 e. The summed E-state index contributed by atoms with van der Waals surface area (Å²) in [6.07, 6.45) is 9.68. The predicted molar refractivity (Wildman–Crippen MR) is 94.9 cm³/mol. The van der Waals surface area contributed by atoms with Gasteiger partial charge in [0.15, 0.2) is 5.96 Å². The van der Waals surface area contributed by atoms with Crippen LogP contribution in [-0.4, -0.2) is 38.3 Å². The number of nitrogens with zero attached hydrogens (tertiary/aromatic N) is 1. The molecule has 0 aromatic carbocycles. The van der Waals surface area contributed by atoms with Crippen molar-refractivity contribution >= 4 is 29.9 Å². The molecule has 1 heterocycles. The molecule has 1 fully saturated rings. The monoisotopic (exact) mass is 393 g/mol. The molecule has 2 rings (SSSR count). The average Bonchev–Trinajstić information content (AvgIpc) is 3.06. The van der Waals surface area contributed by atoms with E-state index in [0.29, 0.717) is 0 Å². The Balaban J connectivity index is 0.00000200. The second-order valence-corrected chi connectivity index (χ2v) is 5.76. The zero-order valence-corrected chi connectivity index (χ0v) is 15.0. The van der Waals surface area contributed by atoms with Gasteiger partial charge in [-0.25, -0.2) is 0 Å². The van der Waals surface area contributed by atoms with Crippen LogP contribution in [-0.2, 0) is 4.74 Å². The third-order valence-corrected chi connectivity index (χ3v) is 4.03. The van der Waals surface area contributed by atoms with Crippen LogP contribution in [0.15, 0.2) is 16.6 Å². The van der Waals surface area contributed by atoms with Crippen LogP contribution in [0.1, 0.15) is 45.4 Å². The molecule has 2 N–H and O–H groups in total. The van der Waals surface area contributed by atoms with Crippen LogP contribution in [0.2, 0.25) is 0 Å². The highest BCUT2D eigenvalue weighted by Gasteiger charge is 2.29. The molecule has 1 aliphatic heterocycles. The van der Waals surface area contributed by atoms with Crippen LogP contribution in [0, 0.1) is 0 Å². The first kappa shape index (κ1) is 17.8. The van der Waals surface area contributed by atoms with Crippen molar-refractivity contribution in [1.82, 2.24) is 10.6 Å². The van der Waals surface area contributed by atoms with Crippen LogP contribution in [0.5, 0.6) is 0 Å². The number of hydrogen-bond acceptors (Lipinski definition) is 2. The van der Waals surface area contributed by atoms with Gasteiger partial charge in [-0.15, -0.1) is 24.0 Å². The Kier molecular flexibility index (Phi) is 7.87. The first-order valence-electron chi connectivity index (χ1n) is 7.48. The lowest BCUT2D eigenvalue weighted by Crippen LogP contribution is -2.45. The van der Waals surface area contributed by atoms with Crippen LogP contribution in [0.3, 0.4) is 0 Å². The summed E-state index contributed by atoms with van der Waals surface area (Å²) in [4.78, 5) is 4.26. The highest BCUT2D eigenvalue weighted by Crippen LogP contribution is 2.23. The standard InChI is InChI=1S/C15H27N3O.HI/c1-15(9-5-11-19-15)12-18-14(16-2)17-10-8-13-6-3-4-7-13;/h6H,3-5,7-12H2,1-2H3,(H2,16,17,18);1H. The molecule has 20 heavy (non-hydrogen) atoms. The molecule has 1 unspecified atom stereocenters. The highest BCUT2D eigenvalue weighted by atomic mass is 127. The summed E-state index contributed by atoms with van der Waals surface area (Å²) in [5.41, 5.74) is 1.57. The minimum atomic E-state index is -0.0222. The summed E-state index contributed by atoms with van der Waals surface area (Å²) in [5, 5.41) is 6.75. The van der Waals surface area contributed by atoms with Gasteiger partial charge >= 0.3 is 0 Å². The first-order valence-corrected chi connectivity index (χ1v) is 7.48. The second kappa shape index (κ2) is 8.87. The van der Waals surface area contributed by atoms with Crippen molar-refractivity contribution in [3.63, 3.8) is 0 Å². The first-order chi connectivity index (χ1) is 9.22. The van der Waals surface area contributed by atoms with E-state index in [9.17, 15) is 0 Å². The number of allylic oxidation sites excluding steroid dienone is 1. The Morgan fingerprint density at radius 1 is 1.40 bits per heavy atom. The Morgan fingerprint density at radius 3 is 2.85 bits per heavy atom. The molecule has 2 aliphatic rings. The molecule has 0 amide bonds. The van der Waals surface area contributed by atoms with Crippen molar-refractivity contribution in [2.45, 2.75) is 51.0 Å². The van der Waals surface area contributed by atoms with Crippen molar-refractivity contribution in [1.29, 1.82) is 0 Å². The van der Waals surface area contributed by atoms with E-state index in [1.807, 2.05) is 7.05 Å². The molecule has 0 aromatic heterocycles. The molecule has 1 saturated heterocycles. The van der Waals surface area contributed by atoms with Gasteiger partial charge in [0, 0.05) is 26.7 Å². The van der Waals surface area contributed by atoms with Gasteiger partial charge in [-0.05, 0) is 45.4 Å². The van der Waals surface area contributed by atoms with E-state index < -0.39 is 0 Å². The smallest absolute Gasteiger partial charge is 0.191 e. The van der Waals surface area contributed by atoms with E-state index in [1.54, 1.807) is 5.57 Å². The lowest BCUT2D eigenvalue weighted by Gasteiger charge is -2.24. The lowest BCUT2D eigenvalue weighted by molar-refractivity contribution is 0.0243. The molecule has 0 radical (unpaired) electrons. The number of rotatable bonds is 5. The van der Waals surface area contributed by atoms with Crippen LogP contribution in [0.4, 0.5) is 0 Å². The fourth-order valence-corrected chi connectivity index (χ4v) is 2.77. The van der Waals surface area contributed by atoms with Crippen LogP contribution in [0.25, 0.3) is 0 Å². The Labute approximate surface area is 139 Å². The zero-order valence-electron chi connectivity index (χ0n) is 12.7. The molecule has 116 valence electrons. The van der Waals surface area contributed by atoms with Gasteiger partial charge in [-0.2, -0.15) is 0 Å². The minimum absolute atomic E-state index is 0. The number of guanidine groups is 1. The maximum Gasteiger partial charge on any atom is 0.191 e. The van der Waals surface area contributed by atoms with Crippen molar-refractivity contribution in [2.75, 3.05) is 26.7 Å². The molecule has 0 saturated carbocycles. The summed E-state index contributed by atoms with van der Waals surface area (Å²) in [6, 6.07) is 0. The third kappa shape index (κ3) is 5.60. The minimum Gasteiger partial charge on any atom is -0.373 e. The van der Waals surface area contributed by atoms with E-state index in [1.165, 1.54) is 25.7 Å². The Bertz CT molecular complexity index is 349. The predicted octanol–water partition coefficient (Wildman–Crippen LogP) is 2.84. The van der Waals surface area contributed by atoms with Crippen molar-refractivity contribution in [2.24, 2.45) is 4.99 Å². The molecule has 0 spiro atoms. The summed E-state index contributed by atoms with van der Waals surface area (Å²) >= 11 is 0. The van der Waals surface area contributed by atoms with Gasteiger partial charge in [0.2, 0.25) is 0 Å². The number of halogens is 1. The number of hydrogen-bond donors (Lipinski definition) is 2. The number of aliphatic imine (C=N–C) groups is 1. The zero-order chi connectivity index (χ0) is 13.6. The highest BCUT2D eigenvalue weighted by molar-refractivity contribution is 14.0. The summed E-state index contributed by atoms with van der Waals surface area (Å²) < 4.78 is 5.77. The van der Waals surface area contributed by atoms with Crippen molar-refractivity contribution in [3.05, 3.63) is 11.6 Å². The van der Waals surface area contributed by atoms with E-state index in [-0.39, 0.29) is 29.6 Å². The number of ether oxygens (including phenoxy) is 1. The van der Waals surface area contributed by atoms with Crippen LogP contribution >= 0.6 is 24.0 Å². The summed E-state index contributed by atoms with van der Waals surface area (Å²) in [6.45, 7) is 4.85. The van der Waals surface area contributed by atoms with E-state index in [4.69, 9.17) is 4.74 Å². The van der Waals surface area contributed by atoms with Gasteiger partial charge in [-0.1, -0.05) is 11.6 Å². The maximum atomic E-state index is 5.77. The Morgan fingerprint density at radius 2 is 2.25 bits per heavy atom. The molecule has 1 atom stereocenters. The van der Waals surface area contributed by atoms with Gasteiger partial charge in [-0.3, -0.25) is 4.99 Å². The fourth-order valence-electron chi connectivity index (χ4n) is 2.77. The quantitative estimate of drug-likeness (QED) is 0.327. The van der Waals surface area contributed by atoms with Gasteiger partial charge < -0.3 is 15.4 Å². The molecular formula is C15H28IN3O. The number of nitrogens with one attached hydrogen (secondary N) is 2. The normalized spacial score (nSPS) is 26.1.